The second-order valence-corrected chi connectivity index (χ2v) is 5.26. The van der Waals surface area contributed by atoms with Gasteiger partial charge in [0, 0.05) is 11.1 Å². The van der Waals surface area contributed by atoms with E-state index in [1.54, 1.807) is 0 Å². The fraction of sp³-hybridized carbons (Fsp3) is 0.500. The predicted molar refractivity (Wildman–Crippen MR) is 66.6 cm³/mol. The largest absolute Gasteiger partial charge is 0.507 e. The van der Waals surface area contributed by atoms with Gasteiger partial charge in [-0.15, -0.1) is 0 Å². The van der Waals surface area contributed by atoms with Gasteiger partial charge in [-0.1, -0.05) is 26.8 Å². The Morgan fingerprint density at radius 1 is 1.31 bits per heavy atom. The van der Waals surface area contributed by atoms with Gasteiger partial charge in [0.25, 0.3) is 0 Å². The lowest BCUT2D eigenvalue weighted by atomic mass is 9.83. The Morgan fingerprint density at radius 3 is 2.31 bits per heavy atom. The Hall–Kier alpha value is -1.49. The van der Waals surface area contributed by atoms with Crippen molar-refractivity contribution in [3.05, 3.63) is 39.7 Å². The van der Waals surface area contributed by atoms with Crippen LogP contribution in [0.2, 0.25) is 0 Å². The first-order chi connectivity index (χ1) is 7.29. The molecule has 0 aliphatic heterocycles. The number of aromatic hydroxyl groups is 1. The van der Waals surface area contributed by atoms with Crippen LogP contribution in [0.1, 0.15) is 43.0 Å². The van der Waals surface area contributed by atoms with Crippen LogP contribution in [-0.2, 0) is 12.0 Å². The number of hydrogen-bond donors (Lipinski definition) is 1. The maximum Gasteiger partial charge on any atom is 0.240 e. The van der Waals surface area contributed by atoms with E-state index in [-0.39, 0.29) is 5.41 Å². The normalized spacial score (nSPS) is 11.2. The molecule has 0 heterocycles. The van der Waals surface area contributed by atoms with Gasteiger partial charge >= 0.3 is 0 Å². The quantitative estimate of drug-likeness (QED) is 0.712. The van der Waals surface area contributed by atoms with Crippen molar-refractivity contribution in [2.24, 2.45) is 0 Å². The summed E-state index contributed by atoms with van der Waals surface area (Å²) >= 11 is 0. The molecule has 0 unspecified atom stereocenters. The van der Waals surface area contributed by atoms with E-state index >= 15 is 0 Å². The monoisotopic (exact) mass is 217 g/mol. The van der Waals surface area contributed by atoms with E-state index < -0.39 is 0 Å². The molecule has 0 spiro atoms. The standard InChI is InChI=1S/C14H19NO/c1-9-7-12(14(3,4)5)13(16)10(2)11(9)8-15-6/h7,16H,8H2,1-5H3. The van der Waals surface area contributed by atoms with E-state index in [9.17, 15) is 5.11 Å². The van der Waals surface area contributed by atoms with Crippen LogP contribution in [-0.4, -0.2) is 5.11 Å². The minimum absolute atomic E-state index is 0.0732. The van der Waals surface area contributed by atoms with Crippen molar-refractivity contribution in [2.75, 3.05) is 0 Å². The molecule has 1 aromatic rings. The molecule has 0 amide bonds. The molecule has 86 valence electrons. The van der Waals surface area contributed by atoms with Crippen LogP contribution in [0.15, 0.2) is 6.07 Å². The molecule has 1 rings (SSSR count). The Bertz CT molecular complexity index is 447. The lowest BCUT2D eigenvalue weighted by molar-refractivity contribution is 0.441. The van der Waals surface area contributed by atoms with Gasteiger partial charge in [-0.25, -0.2) is 6.57 Å². The Labute approximate surface area is 97.7 Å². The minimum Gasteiger partial charge on any atom is -0.507 e. The fourth-order valence-electron chi connectivity index (χ4n) is 1.91. The maximum atomic E-state index is 10.2. The van der Waals surface area contributed by atoms with E-state index in [0.29, 0.717) is 12.3 Å². The van der Waals surface area contributed by atoms with Crippen LogP contribution in [0.3, 0.4) is 0 Å². The zero-order chi connectivity index (χ0) is 12.5. The minimum atomic E-state index is -0.0732. The molecule has 2 nitrogen and oxygen atoms in total. The van der Waals surface area contributed by atoms with Crippen molar-refractivity contribution in [1.29, 1.82) is 0 Å². The Morgan fingerprint density at radius 2 is 1.88 bits per heavy atom. The first kappa shape index (κ1) is 12.6. The van der Waals surface area contributed by atoms with Gasteiger partial charge in [0.1, 0.15) is 5.75 Å². The average Bonchev–Trinajstić information content (AvgIpc) is 2.16. The van der Waals surface area contributed by atoms with Gasteiger partial charge in [-0.05, 0) is 30.4 Å². The summed E-state index contributed by atoms with van der Waals surface area (Å²) in [7, 11) is 0. The molecule has 0 radical (unpaired) electrons. The predicted octanol–water partition coefficient (Wildman–Crippen LogP) is 3.73. The molecule has 16 heavy (non-hydrogen) atoms. The third kappa shape index (κ3) is 2.19. The molecule has 2 heteroatoms. The van der Waals surface area contributed by atoms with Gasteiger partial charge in [0.2, 0.25) is 6.54 Å². The molecule has 0 aliphatic rings. The Kier molecular flexibility index (Phi) is 3.28. The zero-order valence-electron chi connectivity index (χ0n) is 10.7. The second kappa shape index (κ2) is 4.17. The first-order valence-corrected chi connectivity index (χ1v) is 5.44. The number of benzene rings is 1. The molecule has 0 aliphatic carbocycles. The van der Waals surface area contributed by atoms with E-state index in [2.05, 4.69) is 25.6 Å². The number of phenolic OH excluding ortho intramolecular Hbond substituents is 1. The molecule has 0 aromatic heterocycles. The smallest absolute Gasteiger partial charge is 0.240 e. The summed E-state index contributed by atoms with van der Waals surface area (Å²) in [5, 5.41) is 10.2. The van der Waals surface area contributed by atoms with Crippen LogP contribution < -0.4 is 0 Å². The summed E-state index contributed by atoms with van der Waals surface area (Å²) in [6.07, 6.45) is 0. The third-order valence-electron chi connectivity index (χ3n) is 2.95. The molecular weight excluding hydrogens is 198 g/mol. The van der Waals surface area contributed by atoms with Crippen molar-refractivity contribution in [1.82, 2.24) is 0 Å². The van der Waals surface area contributed by atoms with Crippen molar-refractivity contribution in [3.63, 3.8) is 0 Å². The van der Waals surface area contributed by atoms with Crippen LogP contribution >= 0.6 is 0 Å². The third-order valence-corrected chi connectivity index (χ3v) is 2.95. The van der Waals surface area contributed by atoms with Gasteiger partial charge in [0.05, 0.1) is 0 Å². The number of hydrogen-bond acceptors (Lipinski definition) is 1. The maximum absolute atomic E-state index is 10.2. The van der Waals surface area contributed by atoms with Crippen molar-refractivity contribution in [2.45, 2.75) is 46.6 Å². The lowest BCUT2D eigenvalue weighted by Gasteiger charge is -2.23. The molecular formula is C14H19NO. The molecule has 1 aromatic carbocycles. The van der Waals surface area contributed by atoms with E-state index in [1.807, 2.05) is 19.9 Å². The summed E-state index contributed by atoms with van der Waals surface area (Å²) in [6.45, 7) is 17.4. The molecule has 0 saturated heterocycles. The summed E-state index contributed by atoms with van der Waals surface area (Å²) in [5.41, 5.74) is 3.78. The Balaban J connectivity index is 3.47. The summed E-state index contributed by atoms with van der Waals surface area (Å²) < 4.78 is 0. The fourth-order valence-corrected chi connectivity index (χ4v) is 1.91. The highest BCUT2D eigenvalue weighted by molar-refractivity contribution is 5.51. The molecule has 0 fully saturated rings. The van der Waals surface area contributed by atoms with E-state index in [0.717, 1.165) is 22.3 Å². The molecule has 0 atom stereocenters. The number of rotatable bonds is 1. The first-order valence-electron chi connectivity index (χ1n) is 5.44. The second-order valence-electron chi connectivity index (χ2n) is 5.26. The zero-order valence-corrected chi connectivity index (χ0v) is 10.7. The van der Waals surface area contributed by atoms with E-state index in [1.165, 1.54) is 0 Å². The van der Waals surface area contributed by atoms with Gasteiger partial charge < -0.3 is 9.95 Å². The lowest BCUT2D eigenvalue weighted by Crippen LogP contribution is -2.13. The summed E-state index contributed by atoms with van der Waals surface area (Å²) in [4.78, 5) is 3.40. The highest BCUT2D eigenvalue weighted by Gasteiger charge is 2.22. The van der Waals surface area contributed by atoms with Crippen LogP contribution in [0.25, 0.3) is 4.85 Å². The van der Waals surface area contributed by atoms with Crippen LogP contribution in [0, 0.1) is 20.4 Å². The van der Waals surface area contributed by atoms with Gasteiger partial charge in [0.15, 0.2) is 0 Å². The highest BCUT2D eigenvalue weighted by atomic mass is 16.3. The average molecular weight is 217 g/mol. The van der Waals surface area contributed by atoms with E-state index in [4.69, 9.17) is 6.57 Å². The molecule has 0 bridgehead atoms. The number of phenols is 1. The number of nitrogens with zero attached hydrogens (tertiary/aromatic N) is 1. The highest BCUT2D eigenvalue weighted by Crippen LogP contribution is 2.36. The summed E-state index contributed by atoms with van der Waals surface area (Å²) in [6, 6.07) is 2.00. The van der Waals surface area contributed by atoms with Crippen molar-refractivity contribution >= 4 is 0 Å². The topological polar surface area (TPSA) is 24.6 Å². The van der Waals surface area contributed by atoms with Crippen molar-refractivity contribution < 1.29 is 5.11 Å². The molecule has 1 N–H and O–H groups in total. The van der Waals surface area contributed by atoms with Gasteiger partial charge in [-0.3, -0.25) is 0 Å². The van der Waals surface area contributed by atoms with Crippen molar-refractivity contribution in [3.8, 4) is 5.75 Å². The summed E-state index contributed by atoms with van der Waals surface area (Å²) in [5.74, 6) is 0.344. The van der Waals surface area contributed by atoms with Crippen LogP contribution in [0.5, 0.6) is 5.75 Å². The number of aryl methyl sites for hydroxylation is 1. The van der Waals surface area contributed by atoms with Crippen LogP contribution in [0.4, 0.5) is 0 Å². The molecule has 0 saturated carbocycles. The van der Waals surface area contributed by atoms with Gasteiger partial charge in [-0.2, -0.15) is 0 Å². The SMILES string of the molecule is [C-]#[N+]Cc1c(C)cc(C(C)(C)C)c(O)c1C.